The molecule has 200 valence electrons. The van der Waals surface area contributed by atoms with Crippen molar-refractivity contribution >= 4 is 29.6 Å². The largest absolute Gasteiger partial charge is 0.508 e. The van der Waals surface area contributed by atoms with Gasteiger partial charge in [0.15, 0.2) is 0 Å². The van der Waals surface area contributed by atoms with Crippen LogP contribution >= 0.6 is 0 Å². The lowest BCUT2D eigenvalue weighted by molar-refractivity contribution is -0.142. The first-order valence-corrected chi connectivity index (χ1v) is 11.5. The minimum atomic E-state index is -1.44. The molecule has 0 aliphatic heterocycles. The van der Waals surface area contributed by atoms with Crippen molar-refractivity contribution in [1.82, 2.24) is 16.0 Å². The minimum absolute atomic E-state index is 0.00793. The van der Waals surface area contributed by atoms with Crippen LogP contribution in [0, 0.1) is 5.92 Å². The molecule has 0 aromatic heterocycles. The molecule has 0 aliphatic rings. The number of carboxylic acids is 1. The van der Waals surface area contributed by atoms with E-state index >= 15 is 0 Å². The Morgan fingerprint density at radius 2 is 1.53 bits per heavy atom. The highest BCUT2D eigenvalue weighted by molar-refractivity contribution is 5.94. The topological polar surface area (TPSA) is 234 Å². The summed E-state index contributed by atoms with van der Waals surface area (Å²) in [5.74, 6) is -4.80. The zero-order valence-electron chi connectivity index (χ0n) is 20.3. The van der Waals surface area contributed by atoms with E-state index in [9.17, 15) is 39.3 Å². The molecular formula is C23H35N5O8. The van der Waals surface area contributed by atoms with Gasteiger partial charge in [0.25, 0.3) is 0 Å². The molecule has 1 aromatic carbocycles. The van der Waals surface area contributed by atoms with Crippen LogP contribution in [0.4, 0.5) is 0 Å². The van der Waals surface area contributed by atoms with Gasteiger partial charge in [0.2, 0.25) is 23.6 Å². The summed E-state index contributed by atoms with van der Waals surface area (Å²) in [5, 5.41) is 35.7. The molecule has 1 aromatic rings. The van der Waals surface area contributed by atoms with E-state index in [1.165, 1.54) is 24.3 Å². The van der Waals surface area contributed by atoms with Gasteiger partial charge in [-0.1, -0.05) is 32.4 Å². The number of carbonyl (C=O) groups is 5. The summed E-state index contributed by atoms with van der Waals surface area (Å²) in [6.07, 6.45) is 0.176. The standard InChI is InChI=1S/C23H35N5O8/c1-3-12(2)19(22(34)26-16(23(35)36)10-13-4-6-14(30)7-5-13)28-21(33)17(11-29)27-20(32)15(24)8-9-18(25)31/h4-7,12,15-17,19,29-30H,3,8-11,24H2,1-2H3,(H2,25,31)(H,26,34)(H,27,32)(H,28,33)(H,35,36). The molecule has 5 unspecified atom stereocenters. The van der Waals surface area contributed by atoms with Crippen LogP contribution in [0.25, 0.3) is 0 Å². The normalized spacial score (nSPS) is 15.0. The number of phenolic OH excluding ortho intramolecular Hbond substituents is 1. The van der Waals surface area contributed by atoms with Gasteiger partial charge in [-0.05, 0) is 30.0 Å². The molecular weight excluding hydrogens is 474 g/mol. The van der Waals surface area contributed by atoms with Crippen molar-refractivity contribution in [1.29, 1.82) is 0 Å². The number of primary amides is 1. The van der Waals surface area contributed by atoms with Gasteiger partial charge in [-0.25, -0.2) is 4.79 Å². The summed E-state index contributed by atoms with van der Waals surface area (Å²) < 4.78 is 0. The van der Waals surface area contributed by atoms with Gasteiger partial charge in [-0.2, -0.15) is 0 Å². The SMILES string of the molecule is CCC(C)C(NC(=O)C(CO)NC(=O)C(N)CCC(N)=O)C(=O)NC(Cc1ccc(O)cc1)C(=O)O. The smallest absolute Gasteiger partial charge is 0.326 e. The summed E-state index contributed by atoms with van der Waals surface area (Å²) in [6.45, 7) is 2.64. The highest BCUT2D eigenvalue weighted by Gasteiger charge is 2.32. The van der Waals surface area contributed by atoms with Crippen molar-refractivity contribution in [3.05, 3.63) is 29.8 Å². The molecule has 13 heteroatoms. The number of hydrogen-bond acceptors (Lipinski definition) is 8. The maximum Gasteiger partial charge on any atom is 0.326 e. The number of amides is 4. The monoisotopic (exact) mass is 509 g/mol. The van der Waals surface area contributed by atoms with Crippen molar-refractivity contribution < 1.29 is 39.3 Å². The lowest BCUT2D eigenvalue weighted by Crippen LogP contribution is -2.59. The van der Waals surface area contributed by atoms with Gasteiger partial charge < -0.3 is 42.7 Å². The third kappa shape index (κ3) is 9.88. The molecule has 36 heavy (non-hydrogen) atoms. The predicted molar refractivity (Wildman–Crippen MR) is 128 cm³/mol. The Morgan fingerprint density at radius 1 is 0.944 bits per heavy atom. The number of aliphatic carboxylic acids is 1. The molecule has 0 saturated carbocycles. The maximum absolute atomic E-state index is 13.0. The Kier molecular flexibility index (Phi) is 12.3. The second-order valence-corrected chi connectivity index (χ2v) is 8.50. The second-order valence-electron chi connectivity index (χ2n) is 8.50. The number of nitrogens with two attached hydrogens (primary N) is 2. The van der Waals surface area contributed by atoms with Crippen LogP contribution in [0.2, 0.25) is 0 Å². The average Bonchev–Trinajstić information content (AvgIpc) is 2.83. The second kappa shape index (κ2) is 14.6. The first kappa shape index (κ1) is 30.3. The maximum atomic E-state index is 13.0. The molecule has 0 radical (unpaired) electrons. The number of carboxylic acid groups (broad SMARTS) is 1. The zero-order valence-corrected chi connectivity index (χ0v) is 20.3. The van der Waals surface area contributed by atoms with Crippen LogP contribution in [0.5, 0.6) is 5.75 Å². The zero-order chi connectivity index (χ0) is 27.4. The molecule has 10 N–H and O–H groups in total. The lowest BCUT2D eigenvalue weighted by atomic mass is 9.97. The van der Waals surface area contributed by atoms with E-state index in [0.717, 1.165) is 0 Å². The molecule has 4 amide bonds. The molecule has 0 fully saturated rings. The fourth-order valence-electron chi connectivity index (χ4n) is 3.19. The Hall–Kier alpha value is -3.71. The molecule has 0 saturated heterocycles. The van der Waals surface area contributed by atoms with E-state index in [2.05, 4.69) is 16.0 Å². The number of carbonyl (C=O) groups excluding carboxylic acids is 4. The van der Waals surface area contributed by atoms with Gasteiger partial charge in [-0.3, -0.25) is 19.2 Å². The molecule has 5 atom stereocenters. The van der Waals surface area contributed by atoms with Crippen molar-refractivity contribution in [3.8, 4) is 5.75 Å². The van der Waals surface area contributed by atoms with Crippen LogP contribution < -0.4 is 27.4 Å². The Morgan fingerprint density at radius 3 is 2.03 bits per heavy atom. The highest BCUT2D eigenvalue weighted by atomic mass is 16.4. The fourth-order valence-corrected chi connectivity index (χ4v) is 3.19. The molecule has 0 bridgehead atoms. The Balaban J connectivity index is 2.91. The van der Waals surface area contributed by atoms with Gasteiger partial charge in [0, 0.05) is 12.8 Å². The first-order valence-electron chi connectivity index (χ1n) is 11.5. The number of aromatic hydroxyl groups is 1. The summed E-state index contributed by atoms with van der Waals surface area (Å²) in [4.78, 5) is 60.6. The van der Waals surface area contributed by atoms with Gasteiger partial charge >= 0.3 is 5.97 Å². The van der Waals surface area contributed by atoms with E-state index < -0.39 is 66.3 Å². The van der Waals surface area contributed by atoms with E-state index in [1.807, 2.05) is 0 Å². The van der Waals surface area contributed by atoms with Crippen LogP contribution in [-0.4, -0.2) is 75.7 Å². The van der Waals surface area contributed by atoms with Crippen LogP contribution in [0.1, 0.15) is 38.7 Å². The van der Waals surface area contributed by atoms with Crippen molar-refractivity contribution in [3.63, 3.8) is 0 Å². The van der Waals surface area contributed by atoms with Crippen molar-refractivity contribution in [2.24, 2.45) is 17.4 Å². The number of nitrogens with one attached hydrogen (secondary N) is 3. The van der Waals surface area contributed by atoms with Crippen molar-refractivity contribution in [2.75, 3.05) is 6.61 Å². The van der Waals surface area contributed by atoms with Gasteiger partial charge in [0.05, 0.1) is 12.6 Å². The van der Waals surface area contributed by atoms with Crippen LogP contribution in [0.15, 0.2) is 24.3 Å². The molecule has 0 aliphatic carbocycles. The average molecular weight is 510 g/mol. The summed E-state index contributed by atoms with van der Waals surface area (Å²) in [7, 11) is 0. The van der Waals surface area contributed by atoms with E-state index in [0.29, 0.717) is 12.0 Å². The lowest BCUT2D eigenvalue weighted by Gasteiger charge is -2.27. The van der Waals surface area contributed by atoms with E-state index in [-0.39, 0.29) is 25.0 Å². The van der Waals surface area contributed by atoms with E-state index in [4.69, 9.17) is 11.5 Å². The number of phenols is 1. The Labute approximate surface area is 208 Å². The number of hydrogen-bond donors (Lipinski definition) is 8. The van der Waals surface area contributed by atoms with Crippen LogP contribution in [0.3, 0.4) is 0 Å². The molecule has 0 spiro atoms. The number of aliphatic hydroxyl groups excluding tert-OH is 1. The number of rotatable bonds is 15. The summed E-state index contributed by atoms with van der Waals surface area (Å²) in [6, 6.07) is 0.749. The van der Waals surface area contributed by atoms with Gasteiger partial charge in [0.1, 0.15) is 23.9 Å². The predicted octanol–water partition coefficient (Wildman–Crippen LogP) is -1.90. The minimum Gasteiger partial charge on any atom is -0.508 e. The van der Waals surface area contributed by atoms with Crippen molar-refractivity contribution in [2.45, 2.75) is 63.7 Å². The molecule has 1 rings (SSSR count). The van der Waals surface area contributed by atoms with E-state index in [1.54, 1.807) is 13.8 Å². The Bertz CT molecular complexity index is 924. The number of aliphatic hydroxyl groups is 1. The quantitative estimate of drug-likeness (QED) is 0.132. The summed E-state index contributed by atoms with van der Waals surface area (Å²) in [5.41, 5.74) is 11.3. The fraction of sp³-hybridized carbons (Fsp3) is 0.522. The third-order valence-electron chi connectivity index (χ3n) is 5.64. The number of benzene rings is 1. The first-order chi connectivity index (χ1) is 16.9. The summed E-state index contributed by atoms with van der Waals surface area (Å²) >= 11 is 0. The highest BCUT2D eigenvalue weighted by Crippen LogP contribution is 2.13. The molecule has 13 nitrogen and oxygen atoms in total. The molecule has 0 heterocycles. The van der Waals surface area contributed by atoms with Gasteiger partial charge in [-0.15, -0.1) is 0 Å². The third-order valence-corrected chi connectivity index (χ3v) is 5.64. The van der Waals surface area contributed by atoms with Crippen LogP contribution in [-0.2, 0) is 30.4 Å².